The molecule has 1 aromatic rings. The van der Waals surface area contributed by atoms with Crippen LogP contribution in [0.3, 0.4) is 0 Å². The van der Waals surface area contributed by atoms with Crippen molar-refractivity contribution in [2.45, 2.75) is 51.8 Å². The molecule has 0 unspecified atom stereocenters. The Morgan fingerprint density at radius 2 is 2.10 bits per heavy atom. The monoisotopic (exact) mass is 288 g/mol. The fourth-order valence-electron chi connectivity index (χ4n) is 2.58. The van der Waals surface area contributed by atoms with Crippen LogP contribution in [0.15, 0.2) is 30.3 Å². The van der Waals surface area contributed by atoms with Gasteiger partial charge in [0.15, 0.2) is 5.79 Å². The largest absolute Gasteiger partial charge is 0.370 e. The Labute approximate surface area is 127 Å². The van der Waals surface area contributed by atoms with E-state index in [2.05, 4.69) is 25.0 Å². The summed E-state index contributed by atoms with van der Waals surface area (Å²) in [5.74, 6) is 2.39. The van der Waals surface area contributed by atoms with E-state index in [1.165, 1.54) is 0 Å². The molecule has 3 nitrogen and oxygen atoms in total. The number of terminal acetylenes is 1. The Balaban J connectivity index is 2.01. The van der Waals surface area contributed by atoms with Crippen LogP contribution in [-0.2, 0) is 20.8 Å². The fourth-order valence-corrected chi connectivity index (χ4v) is 2.58. The van der Waals surface area contributed by atoms with Crippen LogP contribution in [0.5, 0.6) is 0 Å². The predicted molar refractivity (Wildman–Crippen MR) is 82.5 cm³/mol. The van der Waals surface area contributed by atoms with Crippen molar-refractivity contribution in [3.63, 3.8) is 0 Å². The van der Waals surface area contributed by atoms with Crippen molar-refractivity contribution in [1.29, 1.82) is 0 Å². The molecule has 1 heterocycles. The molecule has 0 radical (unpaired) electrons. The van der Waals surface area contributed by atoms with E-state index >= 15 is 0 Å². The molecule has 1 fully saturated rings. The molecule has 21 heavy (non-hydrogen) atoms. The van der Waals surface area contributed by atoms with Gasteiger partial charge in [-0.15, -0.1) is 12.3 Å². The van der Waals surface area contributed by atoms with Crippen LogP contribution in [0.25, 0.3) is 0 Å². The molecule has 0 amide bonds. The highest BCUT2D eigenvalue weighted by atomic mass is 16.7. The first-order valence-corrected chi connectivity index (χ1v) is 7.42. The Morgan fingerprint density at radius 1 is 1.38 bits per heavy atom. The molecule has 2 rings (SSSR count). The Hall–Kier alpha value is -1.34. The minimum atomic E-state index is -0.547. The maximum absolute atomic E-state index is 6.12. The minimum Gasteiger partial charge on any atom is -0.370 e. The average molecular weight is 288 g/mol. The average Bonchev–Trinajstić information content (AvgIpc) is 2.81. The molecular weight excluding hydrogens is 264 g/mol. The third kappa shape index (κ3) is 4.57. The number of benzene rings is 1. The highest BCUT2D eigenvalue weighted by Crippen LogP contribution is 2.29. The highest BCUT2D eigenvalue weighted by molar-refractivity contribution is 5.13. The Bertz CT molecular complexity index is 475. The molecule has 0 aromatic heterocycles. The summed E-state index contributed by atoms with van der Waals surface area (Å²) in [6, 6.07) is 10.1. The molecule has 114 valence electrons. The molecule has 1 aliphatic rings. The minimum absolute atomic E-state index is 0.0666. The van der Waals surface area contributed by atoms with Crippen LogP contribution in [-0.4, -0.2) is 24.6 Å². The van der Waals surface area contributed by atoms with E-state index in [1.54, 1.807) is 0 Å². The second-order valence-corrected chi connectivity index (χ2v) is 6.01. The van der Waals surface area contributed by atoms with Crippen molar-refractivity contribution in [2.24, 2.45) is 5.92 Å². The van der Waals surface area contributed by atoms with E-state index in [9.17, 15) is 0 Å². The van der Waals surface area contributed by atoms with Gasteiger partial charge in [0.25, 0.3) is 0 Å². The molecule has 1 aliphatic heterocycles. The lowest BCUT2D eigenvalue weighted by Crippen LogP contribution is -2.37. The van der Waals surface area contributed by atoms with Crippen molar-refractivity contribution in [3.05, 3.63) is 35.9 Å². The van der Waals surface area contributed by atoms with E-state index in [0.29, 0.717) is 19.6 Å². The Morgan fingerprint density at radius 3 is 2.67 bits per heavy atom. The van der Waals surface area contributed by atoms with Gasteiger partial charge in [0.1, 0.15) is 6.10 Å². The third-order valence-electron chi connectivity index (χ3n) is 3.68. The predicted octanol–water partition coefficient (Wildman–Crippen LogP) is 3.38. The molecule has 0 aliphatic carbocycles. The van der Waals surface area contributed by atoms with Crippen molar-refractivity contribution in [1.82, 2.24) is 0 Å². The van der Waals surface area contributed by atoms with Gasteiger partial charge >= 0.3 is 0 Å². The summed E-state index contributed by atoms with van der Waals surface area (Å²) in [7, 11) is 0. The smallest absolute Gasteiger partial charge is 0.163 e. The van der Waals surface area contributed by atoms with Crippen LogP contribution in [0.2, 0.25) is 0 Å². The summed E-state index contributed by atoms with van der Waals surface area (Å²) < 4.78 is 17.7. The van der Waals surface area contributed by atoms with Gasteiger partial charge in [-0.3, -0.25) is 0 Å². The van der Waals surface area contributed by atoms with E-state index in [1.807, 2.05) is 32.0 Å². The molecule has 0 N–H and O–H groups in total. The molecule has 0 spiro atoms. The normalized spacial score (nSPS) is 23.4. The van der Waals surface area contributed by atoms with Crippen LogP contribution in [0.4, 0.5) is 0 Å². The number of hydrogen-bond donors (Lipinski definition) is 0. The molecule has 0 saturated carbocycles. The lowest BCUT2D eigenvalue weighted by Gasteiger charge is -2.28. The number of rotatable bonds is 6. The second kappa shape index (κ2) is 7.09. The molecule has 1 saturated heterocycles. The van der Waals surface area contributed by atoms with Gasteiger partial charge in [-0.2, -0.15) is 0 Å². The maximum atomic E-state index is 6.12. The fraction of sp³-hybridized carbons (Fsp3) is 0.556. The lowest BCUT2D eigenvalue weighted by molar-refractivity contribution is -0.163. The van der Waals surface area contributed by atoms with Gasteiger partial charge in [-0.05, 0) is 25.3 Å². The van der Waals surface area contributed by atoms with E-state index < -0.39 is 5.79 Å². The highest BCUT2D eigenvalue weighted by Gasteiger charge is 2.39. The van der Waals surface area contributed by atoms with Gasteiger partial charge < -0.3 is 14.2 Å². The van der Waals surface area contributed by atoms with Gasteiger partial charge in [0.05, 0.1) is 19.3 Å². The van der Waals surface area contributed by atoms with Gasteiger partial charge in [0, 0.05) is 6.42 Å². The van der Waals surface area contributed by atoms with Crippen molar-refractivity contribution >= 4 is 0 Å². The summed E-state index contributed by atoms with van der Waals surface area (Å²) in [4.78, 5) is 0. The maximum Gasteiger partial charge on any atom is 0.163 e. The summed E-state index contributed by atoms with van der Waals surface area (Å²) in [6.45, 7) is 7.05. The first-order valence-electron chi connectivity index (χ1n) is 7.42. The van der Waals surface area contributed by atoms with Crippen LogP contribution in [0.1, 0.15) is 32.8 Å². The molecule has 0 bridgehead atoms. The zero-order valence-electron chi connectivity index (χ0n) is 13.0. The van der Waals surface area contributed by atoms with Gasteiger partial charge in [-0.25, -0.2) is 0 Å². The zero-order valence-corrected chi connectivity index (χ0v) is 13.0. The van der Waals surface area contributed by atoms with E-state index in [0.717, 1.165) is 5.56 Å². The zero-order chi connectivity index (χ0) is 15.3. The quantitative estimate of drug-likeness (QED) is 0.751. The molecule has 3 heteroatoms. The SMILES string of the molecule is C#CC[C@@H](C)[C@H](OCc1ccccc1)[C@H]1COC(C)(C)O1. The first kappa shape index (κ1) is 16.0. The standard InChI is InChI=1S/C18H24O3/c1-5-9-14(2)17(16-13-20-18(3,4)21-16)19-12-15-10-7-6-8-11-15/h1,6-8,10-11,14,16-17H,9,12-13H2,2-4H3/t14-,16-,17+/m1/s1. The summed E-state index contributed by atoms with van der Waals surface area (Å²) in [5.41, 5.74) is 1.15. The molecule has 1 aromatic carbocycles. The molecule has 3 atom stereocenters. The molecular formula is C18H24O3. The third-order valence-corrected chi connectivity index (χ3v) is 3.68. The summed E-state index contributed by atoms with van der Waals surface area (Å²) >= 11 is 0. The van der Waals surface area contributed by atoms with Crippen molar-refractivity contribution in [3.8, 4) is 12.3 Å². The van der Waals surface area contributed by atoms with Gasteiger partial charge in [-0.1, -0.05) is 37.3 Å². The lowest BCUT2D eigenvalue weighted by atomic mass is 9.96. The van der Waals surface area contributed by atoms with Crippen LogP contribution in [0, 0.1) is 18.3 Å². The van der Waals surface area contributed by atoms with Crippen molar-refractivity contribution in [2.75, 3.05) is 6.61 Å². The summed E-state index contributed by atoms with van der Waals surface area (Å²) in [6.07, 6.45) is 5.97. The van der Waals surface area contributed by atoms with Crippen LogP contribution < -0.4 is 0 Å². The number of hydrogen-bond acceptors (Lipinski definition) is 3. The van der Waals surface area contributed by atoms with E-state index in [4.69, 9.17) is 20.6 Å². The van der Waals surface area contributed by atoms with Crippen LogP contribution >= 0.6 is 0 Å². The Kier molecular flexibility index (Phi) is 5.41. The first-order chi connectivity index (χ1) is 10.0. The summed E-state index contributed by atoms with van der Waals surface area (Å²) in [5, 5.41) is 0. The van der Waals surface area contributed by atoms with Gasteiger partial charge in [0.2, 0.25) is 0 Å². The topological polar surface area (TPSA) is 27.7 Å². The van der Waals surface area contributed by atoms with Crippen molar-refractivity contribution < 1.29 is 14.2 Å². The van der Waals surface area contributed by atoms with E-state index in [-0.39, 0.29) is 18.1 Å². The second-order valence-electron chi connectivity index (χ2n) is 6.01. The number of ether oxygens (including phenoxy) is 3.